The maximum atomic E-state index is 13.3. The molecule has 3 N–H and O–H groups in total. The molecule has 0 heterocycles. The number of nitrogen functional groups attached to an aromatic ring is 1. The second kappa shape index (κ2) is 6.45. The van der Waals surface area contributed by atoms with Gasteiger partial charge in [0.15, 0.2) is 0 Å². The van der Waals surface area contributed by atoms with Crippen LogP contribution in [0.4, 0.5) is 10.1 Å². The van der Waals surface area contributed by atoms with Crippen LogP contribution in [-0.2, 0) is 6.54 Å². The maximum absolute atomic E-state index is 13.3. The molecule has 4 nitrogen and oxygen atoms in total. The Morgan fingerprint density at radius 2 is 2.14 bits per heavy atom. The third-order valence-corrected chi connectivity index (χ3v) is 3.33. The van der Waals surface area contributed by atoms with Crippen LogP contribution in [0.1, 0.15) is 15.9 Å². The fourth-order valence-electron chi connectivity index (χ4n) is 1.85. The second-order valence-electron chi connectivity index (χ2n) is 4.36. The van der Waals surface area contributed by atoms with E-state index in [-0.39, 0.29) is 17.1 Å². The Morgan fingerprint density at radius 1 is 1.38 bits per heavy atom. The number of anilines is 1. The van der Waals surface area contributed by atoms with Gasteiger partial charge in [0, 0.05) is 6.54 Å². The number of carbonyl (C=O) groups is 1. The normalized spacial score (nSPS) is 10.2. The summed E-state index contributed by atoms with van der Waals surface area (Å²) in [4.78, 5) is 12.0. The third kappa shape index (κ3) is 3.44. The molecule has 0 saturated heterocycles. The molecule has 0 atom stereocenters. The van der Waals surface area contributed by atoms with Crippen molar-refractivity contribution in [1.29, 1.82) is 0 Å². The van der Waals surface area contributed by atoms with Crippen molar-refractivity contribution < 1.29 is 13.9 Å². The van der Waals surface area contributed by atoms with Crippen molar-refractivity contribution in [3.05, 3.63) is 58.4 Å². The zero-order valence-corrected chi connectivity index (χ0v) is 12.1. The minimum absolute atomic E-state index is 0.0955. The summed E-state index contributed by atoms with van der Waals surface area (Å²) in [6.07, 6.45) is 0. The van der Waals surface area contributed by atoms with Crippen molar-refractivity contribution in [3.8, 4) is 5.75 Å². The lowest BCUT2D eigenvalue weighted by molar-refractivity contribution is 0.0950. The summed E-state index contributed by atoms with van der Waals surface area (Å²) in [7, 11) is 1.53. The molecule has 110 valence electrons. The van der Waals surface area contributed by atoms with E-state index >= 15 is 0 Å². The highest BCUT2D eigenvalue weighted by Gasteiger charge is 2.13. The first-order valence-electron chi connectivity index (χ1n) is 6.17. The molecule has 0 bridgehead atoms. The highest BCUT2D eigenvalue weighted by atomic mass is 35.5. The van der Waals surface area contributed by atoms with E-state index in [0.29, 0.717) is 11.4 Å². The van der Waals surface area contributed by atoms with Crippen LogP contribution < -0.4 is 15.8 Å². The van der Waals surface area contributed by atoms with Crippen LogP contribution in [0.15, 0.2) is 36.4 Å². The molecule has 2 aromatic carbocycles. The Labute approximate surface area is 126 Å². The summed E-state index contributed by atoms with van der Waals surface area (Å²) in [5, 5.41) is 2.47. The van der Waals surface area contributed by atoms with Crippen LogP contribution in [-0.4, -0.2) is 13.0 Å². The van der Waals surface area contributed by atoms with Crippen LogP contribution in [0.3, 0.4) is 0 Å². The van der Waals surface area contributed by atoms with Crippen molar-refractivity contribution in [2.24, 2.45) is 0 Å². The summed E-state index contributed by atoms with van der Waals surface area (Å²) in [6, 6.07) is 9.29. The average Bonchev–Trinajstić information content (AvgIpc) is 2.47. The predicted octanol–water partition coefficient (Wildman–Crippen LogP) is 3.00. The number of hydrogen-bond acceptors (Lipinski definition) is 3. The highest BCUT2D eigenvalue weighted by molar-refractivity contribution is 6.34. The number of nitrogens with two attached hydrogens (primary N) is 1. The van der Waals surface area contributed by atoms with Crippen LogP contribution in [0.5, 0.6) is 5.75 Å². The second-order valence-corrected chi connectivity index (χ2v) is 4.74. The summed E-state index contributed by atoms with van der Waals surface area (Å²) >= 11 is 5.76. The molecule has 21 heavy (non-hydrogen) atoms. The lowest BCUT2D eigenvalue weighted by Crippen LogP contribution is -2.23. The number of carbonyl (C=O) groups excluding carboxylic acids is 1. The van der Waals surface area contributed by atoms with Gasteiger partial charge in [-0.25, -0.2) is 4.39 Å². The summed E-state index contributed by atoms with van der Waals surface area (Å²) < 4.78 is 18.3. The lowest BCUT2D eigenvalue weighted by atomic mass is 10.1. The van der Waals surface area contributed by atoms with Crippen LogP contribution in [0, 0.1) is 5.82 Å². The molecule has 0 aliphatic heterocycles. The van der Waals surface area contributed by atoms with Crippen LogP contribution in [0.25, 0.3) is 0 Å². The largest absolute Gasteiger partial charge is 0.495 e. The van der Waals surface area contributed by atoms with Gasteiger partial charge in [-0.15, -0.1) is 0 Å². The van der Waals surface area contributed by atoms with Gasteiger partial charge in [-0.05, 0) is 29.8 Å². The van der Waals surface area contributed by atoms with Crippen molar-refractivity contribution >= 4 is 23.2 Å². The topological polar surface area (TPSA) is 64.3 Å². The number of amides is 1. The summed E-state index contributed by atoms with van der Waals surface area (Å²) in [6.45, 7) is 0.250. The summed E-state index contributed by atoms with van der Waals surface area (Å²) in [5.41, 5.74) is 7.16. The van der Waals surface area contributed by atoms with Gasteiger partial charge in [0.1, 0.15) is 11.6 Å². The third-order valence-electron chi connectivity index (χ3n) is 2.94. The molecular weight excluding hydrogens is 295 g/mol. The Bertz CT molecular complexity index is 677. The molecule has 1 amide bonds. The number of halogens is 2. The number of benzene rings is 2. The van der Waals surface area contributed by atoms with E-state index in [1.54, 1.807) is 18.2 Å². The van der Waals surface area contributed by atoms with Crippen LogP contribution in [0.2, 0.25) is 5.02 Å². The molecule has 0 radical (unpaired) electrons. The number of hydrogen-bond donors (Lipinski definition) is 2. The highest BCUT2D eigenvalue weighted by Crippen LogP contribution is 2.22. The molecule has 0 unspecified atom stereocenters. The molecule has 2 aromatic rings. The Kier molecular flexibility index (Phi) is 4.65. The van der Waals surface area contributed by atoms with E-state index < -0.39 is 11.7 Å². The first kappa shape index (κ1) is 15.1. The molecule has 6 heteroatoms. The molecule has 0 saturated carbocycles. The van der Waals surface area contributed by atoms with Gasteiger partial charge < -0.3 is 15.8 Å². The standard InChI is InChI=1S/C15H14ClFN2O2/c1-21-13-6-5-9(7-12(13)18)8-19-15(20)10-3-2-4-11(17)14(10)16/h2-7H,8,18H2,1H3,(H,19,20). The average molecular weight is 309 g/mol. The number of rotatable bonds is 4. The van der Waals surface area contributed by atoms with Gasteiger partial charge in [0.2, 0.25) is 0 Å². The van der Waals surface area contributed by atoms with E-state index in [2.05, 4.69) is 5.32 Å². The van der Waals surface area contributed by atoms with Gasteiger partial charge in [-0.3, -0.25) is 4.79 Å². The van der Waals surface area contributed by atoms with E-state index in [0.717, 1.165) is 5.56 Å². The van der Waals surface area contributed by atoms with Crippen molar-refractivity contribution in [1.82, 2.24) is 5.32 Å². The van der Waals surface area contributed by atoms with E-state index in [9.17, 15) is 9.18 Å². The summed E-state index contributed by atoms with van der Waals surface area (Å²) in [5.74, 6) is -0.509. The number of methoxy groups -OCH3 is 1. The van der Waals surface area contributed by atoms with Gasteiger partial charge in [-0.1, -0.05) is 23.7 Å². The number of ether oxygens (including phenoxy) is 1. The molecule has 2 rings (SSSR count). The molecular formula is C15H14ClFN2O2. The lowest BCUT2D eigenvalue weighted by Gasteiger charge is -2.09. The molecule has 0 spiro atoms. The van der Waals surface area contributed by atoms with Crippen LogP contribution >= 0.6 is 11.6 Å². The van der Waals surface area contributed by atoms with Gasteiger partial charge >= 0.3 is 0 Å². The Balaban J connectivity index is 2.07. The molecule has 0 fully saturated rings. The molecule has 0 aliphatic carbocycles. The van der Waals surface area contributed by atoms with Crippen molar-refractivity contribution in [2.45, 2.75) is 6.54 Å². The van der Waals surface area contributed by atoms with Crippen molar-refractivity contribution in [2.75, 3.05) is 12.8 Å². The first-order chi connectivity index (χ1) is 10.0. The van der Waals surface area contributed by atoms with E-state index in [4.69, 9.17) is 22.1 Å². The van der Waals surface area contributed by atoms with Crippen molar-refractivity contribution in [3.63, 3.8) is 0 Å². The quantitative estimate of drug-likeness (QED) is 0.853. The minimum atomic E-state index is -0.627. The fourth-order valence-corrected chi connectivity index (χ4v) is 2.06. The maximum Gasteiger partial charge on any atom is 0.253 e. The SMILES string of the molecule is COc1ccc(CNC(=O)c2cccc(F)c2Cl)cc1N. The van der Waals surface area contributed by atoms with E-state index in [1.807, 2.05) is 0 Å². The number of nitrogens with one attached hydrogen (secondary N) is 1. The van der Waals surface area contributed by atoms with E-state index in [1.165, 1.54) is 25.3 Å². The Morgan fingerprint density at radius 3 is 2.81 bits per heavy atom. The van der Waals surface area contributed by atoms with Gasteiger partial charge in [0.05, 0.1) is 23.4 Å². The zero-order chi connectivity index (χ0) is 15.4. The fraction of sp³-hybridized carbons (Fsp3) is 0.133. The first-order valence-corrected chi connectivity index (χ1v) is 6.55. The smallest absolute Gasteiger partial charge is 0.253 e. The molecule has 0 aromatic heterocycles. The predicted molar refractivity (Wildman–Crippen MR) is 80.0 cm³/mol. The van der Waals surface area contributed by atoms with Gasteiger partial charge in [-0.2, -0.15) is 0 Å². The zero-order valence-electron chi connectivity index (χ0n) is 11.3. The Hall–Kier alpha value is -2.27. The molecule has 0 aliphatic rings. The van der Waals surface area contributed by atoms with Gasteiger partial charge in [0.25, 0.3) is 5.91 Å². The monoisotopic (exact) mass is 308 g/mol. The minimum Gasteiger partial charge on any atom is -0.495 e.